The molecule has 3 aliphatic rings. The molecule has 1 spiro atoms. The number of aromatic carboxylic acids is 1. The molecule has 2 saturated heterocycles. The van der Waals surface area contributed by atoms with Gasteiger partial charge in [0.15, 0.2) is 0 Å². The third-order valence-electron chi connectivity index (χ3n) is 9.53. The molecule has 0 bridgehead atoms. The quantitative estimate of drug-likeness (QED) is 0.352. The summed E-state index contributed by atoms with van der Waals surface area (Å²) < 4.78 is 5.81. The van der Waals surface area contributed by atoms with Crippen molar-refractivity contribution in [2.45, 2.75) is 101 Å². The second-order valence-corrected chi connectivity index (χ2v) is 12.6. The normalized spacial score (nSPS) is 21.9. The Bertz CT molecular complexity index is 1260. The Hall–Kier alpha value is -3.43. The highest BCUT2D eigenvalue weighted by Crippen LogP contribution is 2.37. The molecule has 232 valence electrons. The molecule has 1 saturated carbocycles. The van der Waals surface area contributed by atoms with E-state index in [0.717, 1.165) is 57.3 Å². The summed E-state index contributed by atoms with van der Waals surface area (Å²) in [4.78, 5) is 42.8. The number of carbonyl (C=O) groups excluding carboxylic acids is 2. The van der Waals surface area contributed by atoms with Gasteiger partial charge in [-0.3, -0.25) is 14.5 Å². The van der Waals surface area contributed by atoms with Gasteiger partial charge in [0.2, 0.25) is 11.8 Å². The van der Waals surface area contributed by atoms with Gasteiger partial charge in [0.05, 0.1) is 11.2 Å². The molecule has 1 aliphatic carbocycles. The summed E-state index contributed by atoms with van der Waals surface area (Å²) in [5.41, 5.74) is 0.713. The third-order valence-corrected chi connectivity index (χ3v) is 9.53. The number of nitrogens with zero attached hydrogens (tertiary/aromatic N) is 2. The highest BCUT2D eigenvalue weighted by Gasteiger charge is 2.54. The van der Waals surface area contributed by atoms with E-state index in [1.54, 1.807) is 12.1 Å². The van der Waals surface area contributed by atoms with Gasteiger partial charge in [-0.05, 0) is 67.5 Å². The summed E-state index contributed by atoms with van der Waals surface area (Å²) >= 11 is 0. The number of ether oxygens (including phenoxy) is 1. The fraction of sp³-hybridized carbons (Fsp3) is 0.559. The summed E-state index contributed by atoms with van der Waals surface area (Å²) in [6.45, 7) is 5.25. The van der Waals surface area contributed by atoms with Crippen molar-refractivity contribution in [1.82, 2.24) is 15.1 Å². The summed E-state index contributed by atoms with van der Waals surface area (Å²) in [6, 6.07) is 14.0. The first-order valence-corrected chi connectivity index (χ1v) is 15.8. The Morgan fingerprint density at radius 3 is 2.23 bits per heavy atom. The Morgan fingerprint density at radius 2 is 1.60 bits per heavy atom. The van der Waals surface area contributed by atoms with Gasteiger partial charge in [-0.2, -0.15) is 0 Å². The van der Waals surface area contributed by atoms with E-state index in [2.05, 4.69) is 29.3 Å². The van der Waals surface area contributed by atoms with Gasteiger partial charge in [0.25, 0.3) is 0 Å². The van der Waals surface area contributed by atoms with Crippen molar-refractivity contribution in [2.75, 3.05) is 19.6 Å². The lowest BCUT2D eigenvalue weighted by molar-refractivity contribution is -0.163. The number of hydrogen-bond donors (Lipinski definition) is 3. The number of carboxylic acids is 1. The zero-order valence-corrected chi connectivity index (χ0v) is 25.2. The van der Waals surface area contributed by atoms with Gasteiger partial charge in [-0.15, -0.1) is 0 Å². The minimum atomic E-state index is -0.964. The van der Waals surface area contributed by atoms with Crippen LogP contribution in [0.25, 0.3) is 0 Å². The minimum absolute atomic E-state index is 0.0314. The first kappa shape index (κ1) is 31.0. The molecule has 2 aliphatic heterocycles. The SMILES string of the molecule is CCCCN1C(=O)[C@@H](CC2(O)CCCCC2)NC(=O)C12CCN(Cc1ccc(COc3ccc(C(=O)O)cc3)cc1)CC2. The number of carboxylic acid groups (broad SMARTS) is 1. The van der Waals surface area contributed by atoms with E-state index in [4.69, 9.17) is 9.84 Å². The standard InChI is InChI=1S/C34H45N3O6/c1-2-3-19-37-30(38)29(22-33(42)15-5-4-6-16-33)35-32(41)34(37)17-20-36(21-18-34)23-25-7-9-26(10-8-25)24-43-28-13-11-27(12-14-28)31(39)40/h7-14,29,42H,2-6,15-24H2,1H3,(H,35,41)(H,39,40)/t29-/m1/s1. The van der Waals surface area contributed by atoms with Gasteiger partial charge in [0, 0.05) is 32.6 Å². The molecule has 3 N–H and O–H groups in total. The monoisotopic (exact) mass is 591 g/mol. The van der Waals surface area contributed by atoms with Crippen molar-refractivity contribution in [3.63, 3.8) is 0 Å². The number of hydrogen-bond acceptors (Lipinski definition) is 6. The number of piperidine rings is 1. The number of benzene rings is 2. The molecule has 1 atom stereocenters. The molecular formula is C34H45N3O6. The Labute approximate surface area is 254 Å². The smallest absolute Gasteiger partial charge is 0.335 e. The van der Waals surface area contributed by atoms with E-state index in [9.17, 15) is 19.5 Å². The largest absolute Gasteiger partial charge is 0.489 e. The molecule has 5 rings (SSSR count). The van der Waals surface area contributed by atoms with Crippen molar-refractivity contribution < 1.29 is 29.3 Å². The van der Waals surface area contributed by atoms with Gasteiger partial charge < -0.3 is 25.2 Å². The molecule has 3 fully saturated rings. The van der Waals surface area contributed by atoms with Crippen LogP contribution < -0.4 is 10.1 Å². The molecule has 0 aromatic heterocycles. The minimum Gasteiger partial charge on any atom is -0.489 e. The van der Waals surface area contributed by atoms with E-state index < -0.39 is 23.2 Å². The number of nitrogens with one attached hydrogen (secondary N) is 1. The van der Waals surface area contributed by atoms with Crippen molar-refractivity contribution in [3.8, 4) is 5.75 Å². The van der Waals surface area contributed by atoms with E-state index in [-0.39, 0.29) is 17.4 Å². The van der Waals surface area contributed by atoms with Crippen molar-refractivity contribution in [2.24, 2.45) is 0 Å². The number of piperazine rings is 1. The molecule has 43 heavy (non-hydrogen) atoms. The number of unbranched alkanes of at least 4 members (excludes halogenated alkanes) is 1. The van der Waals surface area contributed by atoms with E-state index in [1.165, 1.54) is 17.7 Å². The molecule has 2 amide bonds. The van der Waals surface area contributed by atoms with Crippen LogP contribution in [0.1, 0.15) is 92.6 Å². The van der Waals surface area contributed by atoms with Crippen LogP contribution in [-0.2, 0) is 22.7 Å². The summed E-state index contributed by atoms with van der Waals surface area (Å²) in [5, 5.41) is 23.2. The van der Waals surface area contributed by atoms with Crippen LogP contribution in [0.4, 0.5) is 0 Å². The molecule has 0 unspecified atom stereocenters. The van der Waals surface area contributed by atoms with Gasteiger partial charge in [-0.1, -0.05) is 56.9 Å². The predicted molar refractivity (Wildman–Crippen MR) is 163 cm³/mol. The Kier molecular flexibility index (Phi) is 9.72. The first-order chi connectivity index (χ1) is 20.7. The average molecular weight is 592 g/mol. The lowest BCUT2D eigenvalue weighted by atomic mass is 9.77. The van der Waals surface area contributed by atoms with Gasteiger partial charge in [-0.25, -0.2) is 4.79 Å². The zero-order chi connectivity index (χ0) is 30.5. The predicted octanol–water partition coefficient (Wildman–Crippen LogP) is 4.51. The highest BCUT2D eigenvalue weighted by molar-refractivity contribution is 6.00. The summed E-state index contributed by atoms with van der Waals surface area (Å²) in [5.74, 6) is -0.439. The number of aliphatic hydroxyl groups is 1. The van der Waals surface area contributed by atoms with Crippen molar-refractivity contribution in [3.05, 3.63) is 65.2 Å². The van der Waals surface area contributed by atoms with Crippen LogP contribution in [0.5, 0.6) is 5.75 Å². The maximum absolute atomic E-state index is 13.8. The van der Waals surface area contributed by atoms with Gasteiger partial charge in [0.1, 0.15) is 23.9 Å². The van der Waals surface area contributed by atoms with Crippen LogP contribution >= 0.6 is 0 Å². The van der Waals surface area contributed by atoms with E-state index in [0.29, 0.717) is 51.0 Å². The molecule has 0 radical (unpaired) electrons. The van der Waals surface area contributed by atoms with Crippen molar-refractivity contribution in [1.29, 1.82) is 0 Å². The van der Waals surface area contributed by atoms with Crippen molar-refractivity contribution >= 4 is 17.8 Å². The lowest BCUT2D eigenvalue weighted by Crippen LogP contribution is -2.73. The van der Waals surface area contributed by atoms with Crippen LogP contribution in [0.2, 0.25) is 0 Å². The second kappa shape index (κ2) is 13.5. The summed E-state index contributed by atoms with van der Waals surface area (Å²) in [7, 11) is 0. The molecule has 2 aromatic rings. The highest BCUT2D eigenvalue weighted by atomic mass is 16.5. The van der Waals surface area contributed by atoms with E-state index in [1.807, 2.05) is 17.0 Å². The second-order valence-electron chi connectivity index (χ2n) is 12.6. The maximum atomic E-state index is 13.8. The fourth-order valence-electron chi connectivity index (χ4n) is 6.89. The average Bonchev–Trinajstić information content (AvgIpc) is 3.01. The van der Waals surface area contributed by atoms with Crippen LogP contribution in [0.3, 0.4) is 0 Å². The number of rotatable bonds is 11. The molecule has 2 aromatic carbocycles. The molecule has 2 heterocycles. The van der Waals surface area contributed by atoms with E-state index >= 15 is 0 Å². The number of likely N-dealkylation sites (tertiary alicyclic amines) is 1. The summed E-state index contributed by atoms with van der Waals surface area (Å²) in [6.07, 6.45) is 7.72. The maximum Gasteiger partial charge on any atom is 0.335 e. The molecule has 9 heteroatoms. The first-order valence-electron chi connectivity index (χ1n) is 15.8. The van der Waals surface area contributed by atoms with Crippen LogP contribution in [0.15, 0.2) is 48.5 Å². The Balaban J connectivity index is 1.16. The zero-order valence-electron chi connectivity index (χ0n) is 25.2. The number of amides is 2. The fourth-order valence-corrected chi connectivity index (χ4v) is 6.89. The van der Waals surface area contributed by atoms with Gasteiger partial charge >= 0.3 is 5.97 Å². The lowest BCUT2D eigenvalue weighted by Gasteiger charge is -2.52. The molecule has 9 nitrogen and oxygen atoms in total. The topological polar surface area (TPSA) is 119 Å². The van der Waals surface area contributed by atoms with Crippen LogP contribution in [-0.4, -0.2) is 74.6 Å². The van der Waals surface area contributed by atoms with Crippen LogP contribution in [0, 0.1) is 0 Å². The third kappa shape index (κ3) is 7.21. The Morgan fingerprint density at radius 1 is 0.953 bits per heavy atom. The molecular weight excluding hydrogens is 546 g/mol. The number of carbonyl (C=O) groups is 3.